The Hall–Kier alpha value is 0.150. The first-order chi connectivity index (χ1) is 3.84. The quantitative estimate of drug-likeness (QED) is 0.361. The van der Waals surface area contributed by atoms with Crippen LogP contribution in [0, 0.1) is 0 Å². The van der Waals surface area contributed by atoms with E-state index in [0.29, 0.717) is 0 Å². The van der Waals surface area contributed by atoms with Crippen LogP contribution in [0.15, 0.2) is 20.5 Å². The van der Waals surface area contributed by atoms with Crippen molar-refractivity contribution in [2.75, 3.05) is 0 Å². The third-order valence-electron chi connectivity index (χ3n) is 1.34. The van der Waals surface area contributed by atoms with Crippen LogP contribution in [-0.4, -0.2) is 34.2 Å². The predicted molar refractivity (Wildman–Crippen MR) is 32.6 cm³/mol. The van der Waals surface area contributed by atoms with Crippen LogP contribution < -0.4 is 0 Å². The monoisotopic (exact) mass is 116 g/mol. The molecule has 0 bridgehead atoms. The van der Waals surface area contributed by atoms with Gasteiger partial charge in [-0.25, -0.2) is 0 Å². The van der Waals surface area contributed by atoms with Gasteiger partial charge in [0.05, 0.1) is 0 Å². The summed E-state index contributed by atoms with van der Waals surface area (Å²) in [6.07, 6.45) is 5.88. The number of hydrogen-bond donors (Lipinski definition) is 0. The number of allylic oxidation sites excluding steroid dienone is 4. The zero-order valence-corrected chi connectivity index (χ0v) is 6.85. The molecule has 0 aromatic rings. The van der Waals surface area contributed by atoms with Gasteiger partial charge in [-0.05, 0) is 0 Å². The van der Waals surface area contributed by atoms with Crippen molar-refractivity contribution >= 4 is 34.2 Å². The number of hydrogen-bond acceptors (Lipinski definition) is 1. The molecule has 1 rings (SSSR count). The molecule has 0 saturated carbocycles. The summed E-state index contributed by atoms with van der Waals surface area (Å²) in [5.41, 5.74) is 0.914. The molecule has 0 aliphatic heterocycles. The molecule has 0 N–H and O–H groups in total. The summed E-state index contributed by atoms with van der Waals surface area (Å²) in [4.78, 5) is 10.1. The minimum absolute atomic E-state index is 0.914. The molecule has 0 radical (unpaired) electrons. The molecule has 0 fully saturated rings. The summed E-state index contributed by atoms with van der Waals surface area (Å²) >= 11 is 1.03. The maximum atomic E-state index is 10.1. The fraction of sp³-hybridized carbons (Fsp3) is 0.167. The molecule has 0 amide bonds. The van der Waals surface area contributed by atoms with E-state index in [9.17, 15) is 4.79 Å². The molecule has 0 unspecified atom stereocenters. The molecule has 0 aromatic carbocycles. The van der Waals surface area contributed by atoms with Gasteiger partial charge in [0.25, 0.3) is 0 Å². The Bertz CT molecular complexity index is 167. The van der Waals surface area contributed by atoms with Crippen LogP contribution in [0.4, 0.5) is 0 Å². The molecule has 0 spiro atoms. The second-order valence-corrected chi connectivity index (χ2v) is 3.17. The van der Waals surface area contributed by atoms with Crippen molar-refractivity contribution in [3.05, 3.63) is 20.5 Å². The minimum atomic E-state index is 0.914. The van der Waals surface area contributed by atoms with Gasteiger partial charge in [0, 0.05) is 0 Å². The molecule has 8 heavy (non-hydrogen) atoms. The average molecular weight is 116 g/mol. The Morgan fingerprint density at radius 3 is 2.75 bits per heavy atom. The van der Waals surface area contributed by atoms with Gasteiger partial charge in [0.1, 0.15) is 0 Å². The molecule has 1 nitrogen and oxygen atoms in total. The number of carbonyl (C=O) groups excluding carboxylic acids is 1. The van der Waals surface area contributed by atoms with Gasteiger partial charge in [-0.3, -0.25) is 0 Å². The molecular formula is C6H5NaO. The van der Waals surface area contributed by atoms with E-state index in [2.05, 4.69) is 0 Å². The third-order valence-corrected chi connectivity index (χ3v) is 2.33. The first kappa shape index (κ1) is 6.27. The Morgan fingerprint density at radius 2 is 2.50 bits per heavy atom. The van der Waals surface area contributed by atoms with Gasteiger partial charge in [0.15, 0.2) is 0 Å². The summed E-state index contributed by atoms with van der Waals surface area (Å²) in [6.45, 7) is 0. The zero-order valence-electron chi connectivity index (χ0n) is 4.85. The average Bonchev–Trinajstić information content (AvgIpc) is 2.14. The Morgan fingerprint density at radius 1 is 1.75 bits per heavy atom. The normalized spacial score (nSPS) is 17.8. The van der Waals surface area contributed by atoms with Crippen molar-refractivity contribution in [2.24, 2.45) is 0 Å². The van der Waals surface area contributed by atoms with Crippen LogP contribution in [-0.2, 0) is 4.79 Å². The SMILES string of the molecule is O=CC1=[C]([Na])CC=C1. The number of carbonyl (C=O) groups is 1. The van der Waals surface area contributed by atoms with E-state index in [4.69, 9.17) is 0 Å². The summed E-state index contributed by atoms with van der Waals surface area (Å²) in [5, 5.41) is 0. The summed E-state index contributed by atoms with van der Waals surface area (Å²) < 4.78 is 1.32. The molecule has 0 saturated heterocycles. The van der Waals surface area contributed by atoms with E-state index >= 15 is 0 Å². The van der Waals surface area contributed by atoms with Crippen LogP contribution in [0.5, 0.6) is 0 Å². The van der Waals surface area contributed by atoms with Gasteiger partial charge < -0.3 is 0 Å². The van der Waals surface area contributed by atoms with Crippen molar-refractivity contribution in [3.63, 3.8) is 0 Å². The van der Waals surface area contributed by atoms with Crippen molar-refractivity contribution < 1.29 is 4.79 Å². The van der Waals surface area contributed by atoms with Gasteiger partial charge in [-0.1, -0.05) is 0 Å². The summed E-state index contributed by atoms with van der Waals surface area (Å²) in [6, 6.07) is 0. The van der Waals surface area contributed by atoms with Crippen LogP contribution in [0.2, 0.25) is 0 Å². The van der Waals surface area contributed by atoms with Crippen LogP contribution in [0.25, 0.3) is 0 Å². The first-order valence-electron chi connectivity index (χ1n) is 2.66. The fourth-order valence-electron chi connectivity index (χ4n) is 0.763. The topological polar surface area (TPSA) is 17.1 Å². The van der Waals surface area contributed by atoms with Crippen LogP contribution >= 0.6 is 0 Å². The Labute approximate surface area is 65.9 Å². The molecule has 2 heteroatoms. The van der Waals surface area contributed by atoms with Gasteiger partial charge in [0.2, 0.25) is 0 Å². The van der Waals surface area contributed by atoms with Crippen LogP contribution in [0.3, 0.4) is 0 Å². The number of aldehydes is 1. The van der Waals surface area contributed by atoms with Crippen LogP contribution in [0.1, 0.15) is 6.42 Å². The second kappa shape index (κ2) is 2.62. The number of rotatable bonds is 1. The maximum absolute atomic E-state index is 10.1. The Balaban J connectivity index is 2.85. The van der Waals surface area contributed by atoms with E-state index in [1.165, 1.54) is 2.82 Å². The molecule has 0 aromatic heterocycles. The van der Waals surface area contributed by atoms with E-state index < -0.39 is 0 Å². The van der Waals surface area contributed by atoms with E-state index in [1.807, 2.05) is 12.2 Å². The van der Waals surface area contributed by atoms with Gasteiger partial charge in [-0.15, -0.1) is 0 Å². The van der Waals surface area contributed by atoms with Crippen molar-refractivity contribution in [2.45, 2.75) is 6.42 Å². The van der Waals surface area contributed by atoms with E-state index in [-0.39, 0.29) is 0 Å². The van der Waals surface area contributed by atoms with Crippen molar-refractivity contribution in [3.8, 4) is 0 Å². The van der Waals surface area contributed by atoms with E-state index in [0.717, 1.165) is 46.2 Å². The second-order valence-electron chi connectivity index (χ2n) is 1.96. The van der Waals surface area contributed by atoms with Crippen molar-refractivity contribution in [1.82, 2.24) is 0 Å². The zero-order chi connectivity index (χ0) is 5.98. The molecule has 1 aliphatic carbocycles. The first-order valence-corrected chi connectivity index (χ1v) is 3.66. The predicted octanol–water partition coefficient (Wildman–Crippen LogP) is 0.568. The third kappa shape index (κ3) is 1.10. The van der Waals surface area contributed by atoms with Gasteiger partial charge >= 0.3 is 66.0 Å². The Kier molecular flexibility index (Phi) is 2.06. The fourth-order valence-corrected chi connectivity index (χ4v) is 1.28. The van der Waals surface area contributed by atoms with E-state index in [1.54, 1.807) is 0 Å². The van der Waals surface area contributed by atoms with Crippen molar-refractivity contribution in [1.29, 1.82) is 0 Å². The molecule has 0 heterocycles. The van der Waals surface area contributed by atoms with Gasteiger partial charge in [-0.2, -0.15) is 0 Å². The standard InChI is InChI=1S/C6H5O.Na/c7-5-6-3-1-2-4-6;/h1,3,5H,2H2;. The molecular weight excluding hydrogens is 111 g/mol. The summed E-state index contributed by atoms with van der Waals surface area (Å²) in [7, 11) is 0. The molecule has 1 aliphatic rings. The molecule has 0 atom stereocenters. The molecule has 36 valence electrons. The summed E-state index contributed by atoms with van der Waals surface area (Å²) in [5.74, 6) is 0.